The Labute approximate surface area is 173 Å². The normalized spacial score (nSPS) is 14.6. The molecule has 28 heavy (non-hydrogen) atoms. The molecule has 0 bridgehead atoms. The summed E-state index contributed by atoms with van der Waals surface area (Å²) >= 11 is 0. The van der Waals surface area contributed by atoms with Gasteiger partial charge in [0.1, 0.15) is 0 Å². The number of carbonyl (C=O) groups excluding carboxylic acids is 1. The Bertz CT molecular complexity index is 491. The summed E-state index contributed by atoms with van der Waals surface area (Å²) in [7, 11) is 0. The fourth-order valence-electron chi connectivity index (χ4n) is 2.99. The highest BCUT2D eigenvalue weighted by molar-refractivity contribution is 5.87. The summed E-state index contributed by atoms with van der Waals surface area (Å²) in [5, 5.41) is 13.9. The lowest BCUT2D eigenvalue weighted by Crippen LogP contribution is -2.42. The van der Waals surface area contributed by atoms with Crippen LogP contribution in [0.1, 0.15) is 91.4 Å². The van der Waals surface area contributed by atoms with Gasteiger partial charge in [-0.3, -0.25) is 4.79 Å². The Morgan fingerprint density at radius 1 is 0.857 bits per heavy atom. The molecule has 0 spiro atoms. The van der Waals surface area contributed by atoms with Gasteiger partial charge < -0.3 is 10.4 Å². The smallest absolute Gasteiger partial charge is 0.243 e. The fourth-order valence-corrected chi connectivity index (χ4v) is 2.99. The molecular weight excluding hydrogens is 346 g/mol. The highest BCUT2D eigenvalue weighted by atomic mass is 16.3. The lowest BCUT2D eigenvalue weighted by molar-refractivity contribution is -0.118. The number of rotatable bonds is 17. The first-order valence-corrected chi connectivity index (χ1v) is 11.2. The first-order valence-electron chi connectivity index (χ1n) is 11.2. The third-order valence-corrected chi connectivity index (χ3v) is 4.76. The van der Waals surface area contributed by atoms with Crippen LogP contribution >= 0.6 is 0 Å². The zero-order chi connectivity index (χ0) is 20.9. The minimum atomic E-state index is -0.769. The summed E-state index contributed by atoms with van der Waals surface area (Å²) in [6.07, 6.45) is 26.7. The minimum absolute atomic E-state index is 0.112. The summed E-state index contributed by atoms with van der Waals surface area (Å²) < 4.78 is 0. The number of nitrogens with one attached hydrogen (secondary N) is 1. The van der Waals surface area contributed by atoms with Crippen molar-refractivity contribution in [3.63, 3.8) is 0 Å². The molecule has 0 aliphatic carbocycles. The van der Waals surface area contributed by atoms with E-state index in [9.17, 15) is 9.90 Å². The summed E-state index contributed by atoms with van der Waals surface area (Å²) in [5.41, 5.74) is -0.769. The standard InChI is InChI=1S/C25H43NO2/c1-4-7-10-12-13-14-15-16-17-20-24(27)26-23-25(28,21-18-9-6-3)22-19-11-8-5-2/h4,7,10,12-14,17,20,28H,5-6,8-9,11,15-16,18-19,21-23H2,1-3H3,(H,26,27). The van der Waals surface area contributed by atoms with Crippen molar-refractivity contribution in [1.82, 2.24) is 5.32 Å². The molecule has 0 aromatic carbocycles. The van der Waals surface area contributed by atoms with Crippen molar-refractivity contribution < 1.29 is 9.90 Å². The van der Waals surface area contributed by atoms with Gasteiger partial charge in [0.2, 0.25) is 5.91 Å². The van der Waals surface area contributed by atoms with Gasteiger partial charge >= 0.3 is 0 Å². The van der Waals surface area contributed by atoms with Crippen molar-refractivity contribution in [3.05, 3.63) is 48.6 Å². The molecule has 1 unspecified atom stereocenters. The van der Waals surface area contributed by atoms with E-state index in [1.54, 1.807) is 6.08 Å². The van der Waals surface area contributed by atoms with Crippen LogP contribution in [0.25, 0.3) is 0 Å². The highest BCUT2D eigenvalue weighted by Crippen LogP contribution is 2.22. The lowest BCUT2D eigenvalue weighted by atomic mass is 9.90. The van der Waals surface area contributed by atoms with Gasteiger partial charge in [-0.05, 0) is 38.7 Å². The minimum Gasteiger partial charge on any atom is -0.388 e. The second-order valence-corrected chi connectivity index (χ2v) is 7.53. The molecule has 160 valence electrons. The fraction of sp³-hybridized carbons (Fsp3) is 0.640. The molecule has 0 aromatic heterocycles. The molecular formula is C25H43NO2. The molecule has 3 nitrogen and oxygen atoms in total. The second-order valence-electron chi connectivity index (χ2n) is 7.53. The summed E-state index contributed by atoms with van der Waals surface area (Å²) in [6.45, 7) is 6.70. The van der Waals surface area contributed by atoms with Gasteiger partial charge in [-0.25, -0.2) is 0 Å². The van der Waals surface area contributed by atoms with Crippen molar-refractivity contribution in [2.45, 2.75) is 97.0 Å². The van der Waals surface area contributed by atoms with Crippen molar-refractivity contribution >= 4 is 5.91 Å². The predicted molar refractivity (Wildman–Crippen MR) is 122 cm³/mol. The molecule has 2 N–H and O–H groups in total. The molecule has 1 atom stereocenters. The van der Waals surface area contributed by atoms with Gasteiger partial charge in [0.25, 0.3) is 0 Å². The molecule has 0 aliphatic rings. The van der Waals surface area contributed by atoms with E-state index < -0.39 is 5.60 Å². The second kappa shape index (κ2) is 18.7. The maximum absolute atomic E-state index is 12.1. The van der Waals surface area contributed by atoms with Crippen LogP contribution in [0.15, 0.2) is 48.6 Å². The molecule has 3 heteroatoms. The van der Waals surface area contributed by atoms with Crippen LogP contribution in [0.4, 0.5) is 0 Å². The van der Waals surface area contributed by atoms with Gasteiger partial charge in [-0.1, -0.05) is 101 Å². The van der Waals surface area contributed by atoms with Gasteiger partial charge in [-0.2, -0.15) is 0 Å². The number of hydrogen-bond acceptors (Lipinski definition) is 2. The zero-order valence-electron chi connectivity index (χ0n) is 18.5. The highest BCUT2D eigenvalue weighted by Gasteiger charge is 2.26. The van der Waals surface area contributed by atoms with E-state index in [1.807, 2.05) is 43.4 Å². The van der Waals surface area contributed by atoms with E-state index in [0.717, 1.165) is 57.8 Å². The first-order chi connectivity index (χ1) is 13.6. The van der Waals surface area contributed by atoms with Gasteiger partial charge in [-0.15, -0.1) is 0 Å². The van der Waals surface area contributed by atoms with Crippen LogP contribution in [0.2, 0.25) is 0 Å². The number of unbranched alkanes of at least 4 members (excludes halogenated alkanes) is 6. The average Bonchev–Trinajstić information content (AvgIpc) is 2.69. The molecule has 0 rings (SSSR count). The maximum atomic E-state index is 12.1. The maximum Gasteiger partial charge on any atom is 0.243 e. The topological polar surface area (TPSA) is 49.3 Å². The van der Waals surface area contributed by atoms with Crippen LogP contribution in [-0.4, -0.2) is 23.2 Å². The largest absolute Gasteiger partial charge is 0.388 e. The number of carbonyl (C=O) groups is 1. The van der Waals surface area contributed by atoms with E-state index in [4.69, 9.17) is 0 Å². The molecule has 0 aliphatic heterocycles. The predicted octanol–water partition coefficient (Wildman–Crippen LogP) is 6.41. The quantitative estimate of drug-likeness (QED) is 0.171. The van der Waals surface area contributed by atoms with Crippen LogP contribution in [0.5, 0.6) is 0 Å². The number of amides is 1. The molecule has 1 amide bonds. The average molecular weight is 390 g/mol. The number of hydrogen-bond donors (Lipinski definition) is 2. The monoisotopic (exact) mass is 389 g/mol. The first kappa shape index (κ1) is 26.4. The Balaban J connectivity index is 4.24. The number of aliphatic hydroxyl groups is 1. The van der Waals surface area contributed by atoms with Crippen LogP contribution < -0.4 is 5.32 Å². The third kappa shape index (κ3) is 16.6. The van der Waals surface area contributed by atoms with E-state index in [-0.39, 0.29) is 5.91 Å². The molecule has 0 aromatic rings. The lowest BCUT2D eigenvalue weighted by Gasteiger charge is -2.28. The Morgan fingerprint density at radius 3 is 2.14 bits per heavy atom. The van der Waals surface area contributed by atoms with Gasteiger partial charge in [0.15, 0.2) is 0 Å². The number of allylic oxidation sites excluding steroid dienone is 7. The Morgan fingerprint density at radius 2 is 1.46 bits per heavy atom. The molecule has 0 saturated carbocycles. The Hall–Kier alpha value is -1.61. The summed E-state index contributed by atoms with van der Waals surface area (Å²) in [4.78, 5) is 12.1. The molecule has 0 heterocycles. The van der Waals surface area contributed by atoms with E-state index in [0.29, 0.717) is 6.54 Å². The van der Waals surface area contributed by atoms with Crippen molar-refractivity contribution in [3.8, 4) is 0 Å². The van der Waals surface area contributed by atoms with Gasteiger partial charge in [0, 0.05) is 6.54 Å². The van der Waals surface area contributed by atoms with E-state index in [1.165, 1.54) is 12.8 Å². The Kier molecular flexibility index (Phi) is 17.7. The van der Waals surface area contributed by atoms with Gasteiger partial charge in [0.05, 0.1) is 5.60 Å². The third-order valence-electron chi connectivity index (χ3n) is 4.76. The molecule has 0 saturated heterocycles. The van der Waals surface area contributed by atoms with Crippen molar-refractivity contribution in [2.24, 2.45) is 0 Å². The summed E-state index contributed by atoms with van der Waals surface area (Å²) in [5.74, 6) is -0.112. The van der Waals surface area contributed by atoms with Crippen molar-refractivity contribution in [2.75, 3.05) is 6.54 Å². The van der Waals surface area contributed by atoms with E-state index >= 15 is 0 Å². The zero-order valence-corrected chi connectivity index (χ0v) is 18.5. The van der Waals surface area contributed by atoms with Crippen LogP contribution in [0.3, 0.4) is 0 Å². The summed E-state index contributed by atoms with van der Waals surface area (Å²) in [6, 6.07) is 0. The molecule has 0 radical (unpaired) electrons. The van der Waals surface area contributed by atoms with E-state index in [2.05, 4.69) is 25.2 Å². The van der Waals surface area contributed by atoms with Crippen LogP contribution in [0, 0.1) is 0 Å². The SMILES string of the molecule is CC=CC=CC=CCCC=CC(=O)NCC(O)(CCCCC)CCCCCC. The van der Waals surface area contributed by atoms with Crippen molar-refractivity contribution in [1.29, 1.82) is 0 Å². The molecule has 0 fully saturated rings. The van der Waals surface area contributed by atoms with Crippen LogP contribution in [-0.2, 0) is 4.79 Å².